The predicted molar refractivity (Wildman–Crippen MR) is 101 cm³/mol. The van der Waals surface area contributed by atoms with Gasteiger partial charge in [-0.05, 0) is 38.2 Å². The Balaban J connectivity index is 2.16. The molecule has 27 heavy (non-hydrogen) atoms. The molecule has 0 bridgehead atoms. The number of carbonyl (C=O) groups excluding carboxylic acids is 3. The van der Waals surface area contributed by atoms with Crippen LogP contribution < -0.4 is 0 Å². The zero-order chi connectivity index (χ0) is 19.6. The first-order valence-corrected chi connectivity index (χ1v) is 9.64. The van der Waals surface area contributed by atoms with Crippen molar-refractivity contribution in [3.8, 4) is 0 Å². The second kappa shape index (κ2) is 7.67. The average molecular weight is 370 g/mol. The van der Waals surface area contributed by atoms with E-state index in [1.807, 2.05) is 37.3 Å². The third-order valence-electron chi connectivity index (χ3n) is 5.84. The van der Waals surface area contributed by atoms with Crippen LogP contribution in [0.4, 0.5) is 0 Å². The highest BCUT2D eigenvalue weighted by Crippen LogP contribution is 2.57. The summed E-state index contributed by atoms with van der Waals surface area (Å²) in [6, 6.07) is 9.50. The topological polar surface area (TPSA) is 69.7 Å². The predicted octanol–water partition coefficient (Wildman–Crippen LogP) is 3.57. The molecule has 0 spiro atoms. The number of Topliss-reactive ketones (excluding diaryl/α,β-unsaturated/α-hetero) is 1. The van der Waals surface area contributed by atoms with E-state index in [4.69, 9.17) is 9.47 Å². The molecule has 144 valence electrons. The summed E-state index contributed by atoms with van der Waals surface area (Å²) >= 11 is 0. The molecule has 1 saturated carbocycles. The van der Waals surface area contributed by atoms with Crippen LogP contribution in [0.3, 0.4) is 0 Å². The second-order valence-electron chi connectivity index (χ2n) is 7.19. The molecule has 0 radical (unpaired) electrons. The van der Waals surface area contributed by atoms with Gasteiger partial charge < -0.3 is 9.47 Å². The summed E-state index contributed by atoms with van der Waals surface area (Å²) in [6.45, 7) is 5.69. The SMILES string of the molecule is CCOC(=O)C1(C(=O)OCC)CC2CCC(=O)C(c3ccccc3)=C2C1C. The smallest absolute Gasteiger partial charge is 0.324 e. The number of benzene rings is 1. The van der Waals surface area contributed by atoms with Crippen LogP contribution in [0.15, 0.2) is 35.9 Å². The molecule has 5 heteroatoms. The number of fused-ring (bicyclic) bond motifs is 1. The Morgan fingerprint density at radius 1 is 1.07 bits per heavy atom. The first-order valence-electron chi connectivity index (χ1n) is 9.64. The zero-order valence-electron chi connectivity index (χ0n) is 16.1. The number of allylic oxidation sites excluding steroid dienone is 2. The van der Waals surface area contributed by atoms with Crippen molar-refractivity contribution >= 4 is 23.3 Å². The first-order chi connectivity index (χ1) is 13.0. The summed E-state index contributed by atoms with van der Waals surface area (Å²) in [5, 5.41) is 0. The fourth-order valence-corrected chi connectivity index (χ4v) is 4.62. The van der Waals surface area contributed by atoms with Crippen LogP contribution >= 0.6 is 0 Å². The van der Waals surface area contributed by atoms with Gasteiger partial charge in [0, 0.05) is 17.9 Å². The minimum absolute atomic E-state index is 0.00159. The van der Waals surface area contributed by atoms with Gasteiger partial charge in [-0.25, -0.2) is 0 Å². The molecule has 0 aliphatic heterocycles. The quantitative estimate of drug-likeness (QED) is 0.585. The highest BCUT2D eigenvalue weighted by molar-refractivity contribution is 6.23. The van der Waals surface area contributed by atoms with Crippen LogP contribution in [0.2, 0.25) is 0 Å². The van der Waals surface area contributed by atoms with Crippen molar-refractivity contribution in [2.45, 2.75) is 40.0 Å². The molecule has 1 aromatic carbocycles. The lowest BCUT2D eigenvalue weighted by Crippen LogP contribution is -2.44. The number of ketones is 1. The van der Waals surface area contributed by atoms with Crippen LogP contribution in [0.5, 0.6) is 0 Å². The van der Waals surface area contributed by atoms with E-state index in [9.17, 15) is 14.4 Å². The Morgan fingerprint density at radius 3 is 2.22 bits per heavy atom. The van der Waals surface area contributed by atoms with Gasteiger partial charge in [0.25, 0.3) is 0 Å². The van der Waals surface area contributed by atoms with Gasteiger partial charge >= 0.3 is 11.9 Å². The molecule has 1 aromatic rings. The first kappa shape index (κ1) is 19.3. The van der Waals surface area contributed by atoms with Gasteiger partial charge in [0.15, 0.2) is 11.2 Å². The van der Waals surface area contributed by atoms with E-state index in [0.29, 0.717) is 24.8 Å². The van der Waals surface area contributed by atoms with E-state index in [0.717, 1.165) is 11.1 Å². The molecule has 0 aromatic heterocycles. The van der Waals surface area contributed by atoms with Gasteiger partial charge in [0.1, 0.15) is 0 Å². The maximum Gasteiger partial charge on any atom is 0.324 e. The minimum atomic E-state index is -1.38. The summed E-state index contributed by atoms with van der Waals surface area (Å²) in [5.74, 6) is -1.46. The number of carbonyl (C=O) groups is 3. The van der Waals surface area contributed by atoms with Crippen molar-refractivity contribution in [1.82, 2.24) is 0 Å². The normalized spacial score (nSPS) is 23.7. The number of hydrogen-bond donors (Lipinski definition) is 0. The Morgan fingerprint density at radius 2 is 1.67 bits per heavy atom. The van der Waals surface area contributed by atoms with Crippen molar-refractivity contribution < 1.29 is 23.9 Å². The highest BCUT2D eigenvalue weighted by Gasteiger charge is 2.61. The fraction of sp³-hybridized carbons (Fsp3) is 0.500. The number of hydrogen-bond acceptors (Lipinski definition) is 5. The number of ether oxygens (including phenoxy) is 2. The van der Waals surface area contributed by atoms with Crippen molar-refractivity contribution in [2.75, 3.05) is 13.2 Å². The lowest BCUT2D eigenvalue weighted by Gasteiger charge is -2.29. The highest BCUT2D eigenvalue weighted by atomic mass is 16.6. The third kappa shape index (κ3) is 3.09. The van der Waals surface area contributed by atoms with E-state index >= 15 is 0 Å². The molecular formula is C22H26O5. The lowest BCUT2D eigenvalue weighted by molar-refractivity contribution is -0.174. The van der Waals surface area contributed by atoms with Crippen molar-refractivity contribution in [3.05, 3.63) is 41.5 Å². The maximum absolute atomic E-state index is 12.9. The fourth-order valence-electron chi connectivity index (χ4n) is 4.62. The summed E-state index contributed by atoms with van der Waals surface area (Å²) < 4.78 is 10.6. The maximum atomic E-state index is 12.9. The number of rotatable bonds is 5. The molecule has 1 fully saturated rings. The molecule has 2 aliphatic carbocycles. The molecule has 3 rings (SSSR count). The van der Waals surface area contributed by atoms with E-state index < -0.39 is 23.3 Å². The Hall–Kier alpha value is -2.43. The third-order valence-corrected chi connectivity index (χ3v) is 5.84. The Bertz CT molecular complexity index is 759. The Kier molecular flexibility index (Phi) is 5.49. The van der Waals surface area contributed by atoms with Crippen LogP contribution in [-0.2, 0) is 23.9 Å². The van der Waals surface area contributed by atoms with Gasteiger partial charge in [0.2, 0.25) is 0 Å². The standard InChI is InChI=1S/C22H26O5/c1-4-26-20(24)22(21(25)27-5-2)13-16-11-12-17(23)19(18(16)14(22)3)15-9-7-6-8-10-15/h6-10,14,16H,4-5,11-13H2,1-3H3. The van der Waals surface area contributed by atoms with Crippen LogP contribution in [0.25, 0.3) is 5.57 Å². The Labute approximate surface area is 159 Å². The van der Waals surface area contributed by atoms with Gasteiger partial charge in [-0.3, -0.25) is 14.4 Å². The molecular weight excluding hydrogens is 344 g/mol. The van der Waals surface area contributed by atoms with Gasteiger partial charge in [-0.1, -0.05) is 42.8 Å². The van der Waals surface area contributed by atoms with Crippen LogP contribution in [0.1, 0.15) is 45.6 Å². The van der Waals surface area contributed by atoms with Crippen molar-refractivity contribution in [3.63, 3.8) is 0 Å². The molecule has 2 atom stereocenters. The molecule has 2 aliphatic rings. The molecule has 2 unspecified atom stereocenters. The summed E-state index contributed by atoms with van der Waals surface area (Å²) in [7, 11) is 0. The molecule has 0 amide bonds. The summed E-state index contributed by atoms with van der Waals surface area (Å²) in [6.07, 6.45) is 1.41. The van der Waals surface area contributed by atoms with Gasteiger partial charge in [0.05, 0.1) is 13.2 Å². The molecule has 5 nitrogen and oxygen atoms in total. The van der Waals surface area contributed by atoms with Crippen LogP contribution in [0, 0.1) is 17.3 Å². The number of esters is 2. The lowest BCUT2D eigenvalue weighted by atomic mass is 9.75. The monoisotopic (exact) mass is 370 g/mol. The van der Waals surface area contributed by atoms with Crippen molar-refractivity contribution in [2.24, 2.45) is 17.3 Å². The van der Waals surface area contributed by atoms with E-state index in [2.05, 4.69) is 0 Å². The summed E-state index contributed by atoms with van der Waals surface area (Å²) in [4.78, 5) is 38.7. The molecule has 0 saturated heterocycles. The average Bonchev–Trinajstić information content (AvgIpc) is 2.97. The van der Waals surface area contributed by atoms with Gasteiger partial charge in [-0.2, -0.15) is 0 Å². The summed E-state index contributed by atoms with van der Waals surface area (Å²) in [5.41, 5.74) is 1.03. The molecule has 0 heterocycles. The van der Waals surface area contributed by atoms with E-state index in [1.54, 1.807) is 13.8 Å². The zero-order valence-corrected chi connectivity index (χ0v) is 16.1. The largest absolute Gasteiger partial charge is 0.465 e. The second-order valence-corrected chi connectivity index (χ2v) is 7.19. The minimum Gasteiger partial charge on any atom is -0.465 e. The van der Waals surface area contributed by atoms with E-state index in [1.165, 1.54) is 0 Å². The van der Waals surface area contributed by atoms with Crippen molar-refractivity contribution in [1.29, 1.82) is 0 Å². The van der Waals surface area contributed by atoms with E-state index in [-0.39, 0.29) is 24.9 Å². The van der Waals surface area contributed by atoms with Gasteiger partial charge in [-0.15, -0.1) is 0 Å². The molecule has 0 N–H and O–H groups in total. The van der Waals surface area contributed by atoms with Crippen LogP contribution in [-0.4, -0.2) is 30.9 Å².